The van der Waals surface area contributed by atoms with Crippen LogP contribution < -0.4 is 10.6 Å². The average Bonchev–Trinajstić information content (AvgIpc) is 3.53. The Morgan fingerprint density at radius 3 is 2.45 bits per heavy atom. The minimum absolute atomic E-state index is 0.114. The Morgan fingerprint density at radius 1 is 1.10 bits per heavy atom. The standard InChI is InChI=1S/C21H24N4O4/c1-3-24(4-2)21(27)15-6-5-7-17(12-15)23-20(26)14-8-11-18(22-16-9-10-16)19(13-14)25(28)29/h5-8,11-13,16,22H,3-4,9-10H2,1-2H3,(H,23,26). The van der Waals surface area contributed by atoms with Gasteiger partial charge >= 0.3 is 0 Å². The number of amides is 2. The Kier molecular flexibility index (Phi) is 6.11. The van der Waals surface area contributed by atoms with Gasteiger partial charge in [0.25, 0.3) is 17.5 Å². The summed E-state index contributed by atoms with van der Waals surface area (Å²) >= 11 is 0. The van der Waals surface area contributed by atoms with E-state index in [1.807, 2.05) is 13.8 Å². The van der Waals surface area contributed by atoms with Crippen LogP contribution in [0.1, 0.15) is 47.4 Å². The fourth-order valence-corrected chi connectivity index (χ4v) is 3.02. The third-order valence-electron chi connectivity index (χ3n) is 4.81. The van der Waals surface area contributed by atoms with Crippen molar-refractivity contribution < 1.29 is 14.5 Å². The first-order valence-corrected chi connectivity index (χ1v) is 9.68. The number of anilines is 2. The summed E-state index contributed by atoms with van der Waals surface area (Å²) in [6.07, 6.45) is 1.98. The highest BCUT2D eigenvalue weighted by Crippen LogP contribution is 2.31. The van der Waals surface area contributed by atoms with Crippen molar-refractivity contribution in [1.82, 2.24) is 4.90 Å². The highest BCUT2D eigenvalue weighted by molar-refractivity contribution is 6.06. The lowest BCUT2D eigenvalue weighted by Crippen LogP contribution is -2.30. The molecule has 0 spiro atoms. The Morgan fingerprint density at radius 2 is 1.83 bits per heavy atom. The van der Waals surface area contributed by atoms with E-state index in [9.17, 15) is 19.7 Å². The zero-order valence-electron chi connectivity index (χ0n) is 16.5. The van der Waals surface area contributed by atoms with Crippen molar-refractivity contribution in [3.8, 4) is 0 Å². The van der Waals surface area contributed by atoms with Crippen LogP contribution in [0.3, 0.4) is 0 Å². The molecule has 152 valence electrons. The van der Waals surface area contributed by atoms with Gasteiger partial charge in [-0.2, -0.15) is 0 Å². The molecule has 0 saturated heterocycles. The van der Waals surface area contributed by atoms with Crippen molar-refractivity contribution in [3.63, 3.8) is 0 Å². The first-order valence-electron chi connectivity index (χ1n) is 9.68. The highest BCUT2D eigenvalue weighted by atomic mass is 16.6. The van der Waals surface area contributed by atoms with E-state index in [0.29, 0.717) is 30.0 Å². The smallest absolute Gasteiger partial charge is 0.293 e. The number of nitro groups is 1. The van der Waals surface area contributed by atoms with Gasteiger partial charge < -0.3 is 15.5 Å². The molecule has 2 aromatic rings. The number of hydrogen-bond donors (Lipinski definition) is 2. The van der Waals surface area contributed by atoms with E-state index in [0.717, 1.165) is 12.8 Å². The largest absolute Gasteiger partial charge is 0.377 e. The molecule has 29 heavy (non-hydrogen) atoms. The molecule has 0 aliphatic heterocycles. The fourth-order valence-electron chi connectivity index (χ4n) is 3.02. The molecule has 2 aromatic carbocycles. The number of hydrogen-bond acceptors (Lipinski definition) is 5. The molecule has 0 bridgehead atoms. The number of nitrogens with one attached hydrogen (secondary N) is 2. The van der Waals surface area contributed by atoms with E-state index in [4.69, 9.17) is 0 Å². The molecule has 1 saturated carbocycles. The summed E-state index contributed by atoms with van der Waals surface area (Å²) in [5.74, 6) is -0.587. The Balaban J connectivity index is 1.78. The van der Waals surface area contributed by atoms with Crippen LogP contribution in [0.2, 0.25) is 0 Å². The second kappa shape index (κ2) is 8.72. The van der Waals surface area contributed by atoms with Crippen LogP contribution in [0.5, 0.6) is 0 Å². The van der Waals surface area contributed by atoms with E-state index < -0.39 is 10.8 Å². The van der Waals surface area contributed by atoms with Crippen LogP contribution in [-0.4, -0.2) is 40.8 Å². The van der Waals surface area contributed by atoms with Gasteiger partial charge in [0.05, 0.1) is 4.92 Å². The van der Waals surface area contributed by atoms with Crippen molar-refractivity contribution >= 4 is 28.9 Å². The molecular weight excluding hydrogens is 372 g/mol. The Bertz CT molecular complexity index is 936. The molecule has 0 radical (unpaired) electrons. The molecule has 1 aliphatic carbocycles. The number of nitrogens with zero attached hydrogens (tertiary/aromatic N) is 2. The van der Waals surface area contributed by atoms with Gasteiger partial charge in [-0.05, 0) is 57.0 Å². The van der Waals surface area contributed by atoms with Gasteiger partial charge in [0.15, 0.2) is 0 Å². The molecule has 0 heterocycles. The molecule has 2 amide bonds. The lowest BCUT2D eigenvalue weighted by Gasteiger charge is -2.19. The third-order valence-corrected chi connectivity index (χ3v) is 4.81. The molecule has 8 nitrogen and oxygen atoms in total. The van der Waals surface area contributed by atoms with Crippen molar-refractivity contribution in [2.24, 2.45) is 0 Å². The molecule has 1 fully saturated rings. The second-order valence-electron chi connectivity index (χ2n) is 6.92. The average molecular weight is 396 g/mol. The van der Waals surface area contributed by atoms with Gasteiger partial charge in [-0.1, -0.05) is 6.07 Å². The van der Waals surface area contributed by atoms with Crippen LogP contribution >= 0.6 is 0 Å². The monoisotopic (exact) mass is 396 g/mol. The molecule has 0 atom stereocenters. The van der Waals surface area contributed by atoms with Gasteiger partial charge in [0, 0.05) is 42.0 Å². The van der Waals surface area contributed by atoms with Gasteiger partial charge in [-0.15, -0.1) is 0 Å². The predicted octanol–water partition coefficient (Wildman–Crippen LogP) is 3.90. The lowest BCUT2D eigenvalue weighted by atomic mass is 10.1. The zero-order valence-corrected chi connectivity index (χ0v) is 16.5. The summed E-state index contributed by atoms with van der Waals surface area (Å²) in [4.78, 5) is 37.7. The molecule has 2 N–H and O–H groups in total. The molecular formula is C21H24N4O4. The summed E-state index contributed by atoms with van der Waals surface area (Å²) in [6, 6.07) is 11.3. The second-order valence-corrected chi connectivity index (χ2v) is 6.92. The molecule has 3 rings (SSSR count). The maximum atomic E-state index is 12.6. The Labute approximate surface area is 169 Å². The maximum Gasteiger partial charge on any atom is 0.293 e. The SMILES string of the molecule is CCN(CC)C(=O)c1cccc(NC(=O)c2ccc(NC3CC3)c([N+](=O)[O-])c2)c1. The number of carbonyl (C=O) groups is 2. The maximum absolute atomic E-state index is 12.6. The summed E-state index contributed by atoms with van der Waals surface area (Å²) in [6.45, 7) is 5.00. The summed E-state index contributed by atoms with van der Waals surface area (Å²) < 4.78 is 0. The zero-order chi connectivity index (χ0) is 21.0. The molecule has 0 aromatic heterocycles. The summed E-state index contributed by atoms with van der Waals surface area (Å²) in [5.41, 5.74) is 1.40. The number of nitro benzene ring substituents is 1. The first kappa shape index (κ1) is 20.3. The number of benzene rings is 2. The summed E-state index contributed by atoms with van der Waals surface area (Å²) in [5, 5.41) is 17.2. The van der Waals surface area contributed by atoms with Crippen molar-refractivity contribution in [2.75, 3.05) is 23.7 Å². The van der Waals surface area contributed by atoms with Crippen molar-refractivity contribution in [2.45, 2.75) is 32.7 Å². The van der Waals surface area contributed by atoms with E-state index in [-0.39, 0.29) is 23.2 Å². The van der Waals surface area contributed by atoms with Gasteiger partial charge in [0.2, 0.25) is 0 Å². The summed E-state index contributed by atoms with van der Waals surface area (Å²) in [7, 11) is 0. The van der Waals surface area contributed by atoms with Gasteiger partial charge in [0.1, 0.15) is 5.69 Å². The quantitative estimate of drug-likeness (QED) is 0.520. The first-order chi connectivity index (χ1) is 13.9. The Hall–Kier alpha value is -3.42. The van der Waals surface area contributed by atoms with E-state index in [2.05, 4.69) is 10.6 Å². The molecule has 0 unspecified atom stereocenters. The van der Waals surface area contributed by atoms with Crippen molar-refractivity contribution in [1.29, 1.82) is 0 Å². The third kappa shape index (κ3) is 4.90. The van der Waals surface area contributed by atoms with E-state index in [1.165, 1.54) is 6.07 Å². The number of carbonyl (C=O) groups excluding carboxylic acids is 2. The minimum atomic E-state index is -0.495. The highest BCUT2D eigenvalue weighted by Gasteiger charge is 2.25. The molecule has 1 aliphatic rings. The minimum Gasteiger partial charge on any atom is -0.377 e. The van der Waals surface area contributed by atoms with Crippen LogP contribution in [0.15, 0.2) is 42.5 Å². The molecule has 8 heteroatoms. The fraction of sp³-hybridized carbons (Fsp3) is 0.333. The number of rotatable bonds is 8. The van der Waals surface area contributed by atoms with E-state index in [1.54, 1.807) is 41.3 Å². The van der Waals surface area contributed by atoms with E-state index >= 15 is 0 Å². The van der Waals surface area contributed by atoms with Crippen LogP contribution in [-0.2, 0) is 0 Å². The van der Waals surface area contributed by atoms with Crippen molar-refractivity contribution in [3.05, 3.63) is 63.7 Å². The normalized spacial score (nSPS) is 12.9. The van der Waals surface area contributed by atoms with Gasteiger partial charge in [-0.3, -0.25) is 19.7 Å². The van der Waals surface area contributed by atoms with Gasteiger partial charge in [-0.25, -0.2) is 0 Å². The van der Waals surface area contributed by atoms with Crippen LogP contribution in [0.25, 0.3) is 0 Å². The van der Waals surface area contributed by atoms with Crippen LogP contribution in [0.4, 0.5) is 17.1 Å². The van der Waals surface area contributed by atoms with Crippen LogP contribution in [0, 0.1) is 10.1 Å². The lowest BCUT2D eigenvalue weighted by molar-refractivity contribution is -0.384. The topological polar surface area (TPSA) is 105 Å². The predicted molar refractivity (Wildman–Crippen MR) is 111 cm³/mol.